The minimum Gasteiger partial charge on any atom is -0.479 e. The van der Waals surface area contributed by atoms with Crippen LogP contribution in [0.15, 0.2) is 0 Å². The number of hydrogen-bond acceptors (Lipinski definition) is 2. The molecule has 2 N–H and O–H groups in total. The number of hydrogen-bond donors (Lipinski definition) is 2. The Kier molecular flexibility index (Phi) is 4.99. The average Bonchev–Trinajstić information content (AvgIpc) is 2.03. The Morgan fingerprint density at radius 2 is 1.69 bits per heavy atom. The lowest BCUT2D eigenvalue weighted by Crippen LogP contribution is -2.42. The summed E-state index contributed by atoms with van der Waals surface area (Å²) in [7, 11) is 0. The van der Waals surface area contributed by atoms with Crippen LogP contribution < -0.4 is 0 Å². The molecule has 1 atom stereocenters. The normalized spacial score (nSPS) is 15.8. The molecule has 0 aromatic carbocycles. The first-order valence-corrected chi connectivity index (χ1v) is 4.92. The molecule has 0 saturated heterocycles. The van der Waals surface area contributed by atoms with Crippen LogP contribution in [-0.2, 0) is 4.79 Å². The third-order valence-corrected chi connectivity index (χ3v) is 2.50. The van der Waals surface area contributed by atoms with Gasteiger partial charge in [-0.25, -0.2) is 4.79 Å². The Bertz CT molecular complexity index is 158. The predicted molar refractivity (Wildman–Crippen MR) is 51.6 cm³/mol. The summed E-state index contributed by atoms with van der Waals surface area (Å²) in [6, 6.07) is 0. The molecule has 0 aromatic heterocycles. The van der Waals surface area contributed by atoms with Gasteiger partial charge < -0.3 is 10.2 Å². The van der Waals surface area contributed by atoms with Gasteiger partial charge in [-0.05, 0) is 25.7 Å². The van der Waals surface area contributed by atoms with Gasteiger partial charge in [-0.15, -0.1) is 0 Å². The van der Waals surface area contributed by atoms with Gasteiger partial charge in [0.25, 0.3) is 0 Å². The summed E-state index contributed by atoms with van der Waals surface area (Å²) in [5.41, 5.74) is -1.56. The van der Waals surface area contributed by atoms with Gasteiger partial charge >= 0.3 is 5.97 Å². The van der Waals surface area contributed by atoms with Gasteiger partial charge in [0, 0.05) is 0 Å². The molecule has 0 aliphatic rings. The lowest BCUT2D eigenvalue weighted by Gasteiger charge is -2.28. The van der Waals surface area contributed by atoms with Crippen molar-refractivity contribution in [1.82, 2.24) is 0 Å². The van der Waals surface area contributed by atoms with E-state index in [0.29, 0.717) is 0 Å². The van der Waals surface area contributed by atoms with Crippen molar-refractivity contribution in [2.45, 2.75) is 52.1 Å². The first-order valence-electron chi connectivity index (χ1n) is 4.92. The Morgan fingerprint density at radius 1 is 1.31 bits per heavy atom. The molecule has 3 heteroatoms. The maximum Gasteiger partial charge on any atom is 0.335 e. The summed E-state index contributed by atoms with van der Waals surface area (Å²) >= 11 is 0. The molecule has 0 spiro atoms. The predicted octanol–water partition coefficient (Wildman–Crippen LogP) is 2.04. The molecule has 0 heterocycles. The van der Waals surface area contributed by atoms with Crippen molar-refractivity contribution in [1.29, 1.82) is 0 Å². The monoisotopic (exact) mass is 188 g/mol. The van der Waals surface area contributed by atoms with E-state index >= 15 is 0 Å². The molecule has 1 unspecified atom stereocenters. The minimum atomic E-state index is -1.56. The second-order valence-electron chi connectivity index (χ2n) is 3.73. The van der Waals surface area contributed by atoms with E-state index in [1.807, 2.05) is 13.8 Å². The van der Waals surface area contributed by atoms with Crippen LogP contribution in [0.4, 0.5) is 0 Å². The third-order valence-electron chi connectivity index (χ3n) is 2.50. The molecule has 13 heavy (non-hydrogen) atoms. The van der Waals surface area contributed by atoms with E-state index in [9.17, 15) is 9.90 Å². The highest BCUT2D eigenvalue weighted by Crippen LogP contribution is 2.26. The quantitative estimate of drug-likeness (QED) is 0.670. The van der Waals surface area contributed by atoms with Gasteiger partial charge in [-0.1, -0.05) is 26.7 Å². The van der Waals surface area contributed by atoms with Crippen molar-refractivity contribution in [3.63, 3.8) is 0 Å². The molecule has 0 fully saturated rings. The van der Waals surface area contributed by atoms with Gasteiger partial charge in [-0.2, -0.15) is 0 Å². The minimum absolute atomic E-state index is 0.125. The van der Waals surface area contributed by atoms with Crippen molar-refractivity contribution < 1.29 is 15.0 Å². The zero-order valence-electron chi connectivity index (χ0n) is 8.71. The highest BCUT2D eigenvalue weighted by atomic mass is 16.4. The second-order valence-corrected chi connectivity index (χ2v) is 3.73. The topological polar surface area (TPSA) is 57.5 Å². The fourth-order valence-corrected chi connectivity index (χ4v) is 1.58. The third kappa shape index (κ3) is 3.35. The average molecular weight is 188 g/mol. The Hall–Kier alpha value is -0.570. The maximum atomic E-state index is 10.8. The lowest BCUT2D eigenvalue weighted by molar-refractivity contribution is -0.163. The van der Waals surface area contributed by atoms with E-state index < -0.39 is 11.6 Å². The molecule has 0 rings (SSSR count). The second kappa shape index (κ2) is 5.22. The number of carbonyl (C=O) groups is 1. The molecule has 0 amide bonds. The summed E-state index contributed by atoms with van der Waals surface area (Å²) in [5, 5.41) is 18.5. The van der Waals surface area contributed by atoms with E-state index in [1.54, 1.807) is 0 Å². The summed E-state index contributed by atoms with van der Waals surface area (Å²) in [6.45, 7) is 5.40. The SMILES string of the molecule is CCCC(CCC)C(C)(O)C(=O)O. The number of carboxylic acids is 1. The Balaban J connectivity index is 4.41. The zero-order chi connectivity index (χ0) is 10.5. The van der Waals surface area contributed by atoms with E-state index in [-0.39, 0.29) is 5.92 Å². The fraction of sp³-hybridized carbons (Fsp3) is 0.900. The molecule has 0 bridgehead atoms. The van der Waals surface area contributed by atoms with E-state index in [2.05, 4.69) is 0 Å². The number of rotatable bonds is 6. The van der Waals surface area contributed by atoms with Gasteiger partial charge in [0.15, 0.2) is 5.60 Å². The summed E-state index contributed by atoms with van der Waals surface area (Å²) in [4.78, 5) is 10.8. The highest BCUT2D eigenvalue weighted by Gasteiger charge is 2.37. The van der Waals surface area contributed by atoms with Gasteiger partial charge in [0.1, 0.15) is 0 Å². The van der Waals surface area contributed by atoms with Crippen LogP contribution in [0, 0.1) is 5.92 Å². The molecule has 0 aliphatic carbocycles. The first kappa shape index (κ1) is 12.4. The van der Waals surface area contributed by atoms with Crippen molar-refractivity contribution in [3.8, 4) is 0 Å². The molecule has 0 saturated carbocycles. The smallest absolute Gasteiger partial charge is 0.335 e. The van der Waals surface area contributed by atoms with Crippen LogP contribution in [0.25, 0.3) is 0 Å². The standard InChI is InChI=1S/C10H20O3/c1-4-6-8(7-5-2)10(3,13)9(11)12/h8,13H,4-7H2,1-3H3,(H,11,12). The van der Waals surface area contributed by atoms with Crippen molar-refractivity contribution >= 4 is 5.97 Å². The van der Waals surface area contributed by atoms with Gasteiger partial charge in [0.05, 0.1) is 0 Å². The number of aliphatic carboxylic acids is 1. The van der Waals surface area contributed by atoms with Crippen molar-refractivity contribution in [3.05, 3.63) is 0 Å². The lowest BCUT2D eigenvalue weighted by atomic mass is 9.82. The van der Waals surface area contributed by atoms with Crippen LogP contribution >= 0.6 is 0 Å². The van der Waals surface area contributed by atoms with Gasteiger partial charge in [0.2, 0.25) is 0 Å². The van der Waals surface area contributed by atoms with Gasteiger partial charge in [-0.3, -0.25) is 0 Å². The van der Waals surface area contributed by atoms with E-state index in [1.165, 1.54) is 6.92 Å². The molecule has 0 radical (unpaired) electrons. The Labute approximate surface area is 79.8 Å². The zero-order valence-corrected chi connectivity index (χ0v) is 8.71. The first-order chi connectivity index (χ1) is 5.96. The number of carboxylic acid groups (broad SMARTS) is 1. The van der Waals surface area contributed by atoms with Crippen LogP contribution in [0.3, 0.4) is 0 Å². The van der Waals surface area contributed by atoms with Crippen molar-refractivity contribution in [2.24, 2.45) is 5.92 Å². The molecular weight excluding hydrogens is 168 g/mol. The van der Waals surface area contributed by atoms with E-state index in [0.717, 1.165) is 25.7 Å². The van der Waals surface area contributed by atoms with Crippen LogP contribution in [-0.4, -0.2) is 21.8 Å². The molecular formula is C10H20O3. The van der Waals surface area contributed by atoms with Crippen molar-refractivity contribution in [2.75, 3.05) is 0 Å². The molecule has 0 aliphatic heterocycles. The summed E-state index contributed by atoms with van der Waals surface area (Å²) in [5.74, 6) is -1.24. The van der Waals surface area contributed by atoms with Crippen LogP contribution in [0.1, 0.15) is 46.5 Å². The Morgan fingerprint density at radius 3 is 1.92 bits per heavy atom. The molecule has 3 nitrogen and oxygen atoms in total. The summed E-state index contributed by atoms with van der Waals surface area (Å²) < 4.78 is 0. The fourth-order valence-electron chi connectivity index (χ4n) is 1.58. The largest absolute Gasteiger partial charge is 0.479 e. The highest BCUT2D eigenvalue weighted by molar-refractivity contribution is 5.76. The maximum absolute atomic E-state index is 10.8. The van der Waals surface area contributed by atoms with Crippen LogP contribution in [0.2, 0.25) is 0 Å². The molecule has 0 aromatic rings. The van der Waals surface area contributed by atoms with Crippen LogP contribution in [0.5, 0.6) is 0 Å². The number of aliphatic hydroxyl groups is 1. The van der Waals surface area contributed by atoms with E-state index in [4.69, 9.17) is 5.11 Å². The molecule has 78 valence electrons. The summed E-state index contributed by atoms with van der Waals surface area (Å²) in [6.07, 6.45) is 3.36.